The first kappa shape index (κ1) is 23.3. The lowest BCUT2D eigenvalue weighted by Gasteiger charge is -2.29. The minimum atomic E-state index is -0.532. The molecule has 0 saturated carbocycles. The molecule has 1 amide bonds. The fourth-order valence-electron chi connectivity index (χ4n) is 2.69. The van der Waals surface area contributed by atoms with Crippen molar-refractivity contribution in [3.05, 3.63) is 53.9 Å². The van der Waals surface area contributed by atoms with Gasteiger partial charge in [-0.05, 0) is 40.2 Å². The first-order chi connectivity index (χ1) is 14.1. The Labute approximate surface area is 179 Å². The topological polar surface area (TPSA) is 92.6 Å². The second-order valence-electron chi connectivity index (χ2n) is 8.82. The van der Waals surface area contributed by atoms with Crippen LogP contribution in [0.4, 0.5) is 4.79 Å². The van der Waals surface area contributed by atoms with Crippen LogP contribution in [-0.4, -0.2) is 46.6 Å². The maximum absolute atomic E-state index is 12.0. The van der Waals surface area contributed by atoms with E-state index >= 15 is 0 Å². The molecule has 0 aliphatic heterocycles. The van der Waals surface area contributed by atoms with Crippen LogP contribution in [0.1, 0.15) is 45.7 Å². The summed E-state index contributed by atoms with van der Waals surface area (Å²) in [6.07, 6.45) is 3.42. The van der Waals surface area contributed by atoms with Crippen molar-refractivity contribution in [1.82, 2.24) is 25.7 Å². The monoisotopic (exact) mass is 414 g/mol. The van der Waals surface area contributed by atoms with Crippen LogP contribution in [0.2, 0.25) is 0 Å². The average Bonchev–Trinajstić information content (AvgIpc) is 3.08. The molecule has 3 N–H and O–H groups in total. The van der Waals surface area contributed by atoms with E-state index in [1.54, 1.807) is 7.05 Å². The van der Waals surface area contributed by atoms with Crippen LogP contribution in [0.5, 0.6) is 0 Å². The molecule has 8 heteroatoms. The van der Waals surface area contributed by atoms with Gasteiger partial charge in [-0.1, -0.05) is 30.3 Å². The van der Waals surface area contributed by atoms with Gasteiger partial charge in [0, 0.05) is 31.9 Å². The molecule has 164 valence electrons. The Kier molecular flexibility index (Phi) is 7.86. The normalized spacial score (nSPS) is 12.4. The number of guanidine groups is 1. The third-order valence-electron chi connectivity index (χ3n) is 4.09. The third kappa shape index (κ3) is 8.55. The standard InChI is InChI=1S/C22H34N6O2/c1-21(2,3)30-20(29)27-22(4,5)16-25-19(23-6)24-12-18-13-26-28(15-18)14-17-10-8-7-9-11-17/h7-11,13,15H,12,14,16H2,1-6H3,(H,27,29)(H2,23,24,25). The fourth-order valence-corrected chi connectivity index (χ4v) is 2.69. The number of nitrogens with one attached hydrogen (secondary N) is 3. The molecular formula is C22H34N6O2. The van der Waals surface area contributed by atoms with Gasteiger partial charge in [-0.15, -0.1) is 0 Å². The Balaban J connectivity index is 1.80. The van der Waals surface area contributed by atoms with Gasteiger partial charge in [-0.25, -0.2) is 4.79 Å². The predicted octanol–water partition coefficient (Wildman–Crippen LogP) is 2.90. The number of alkyl carbamates (subject to hydrolysis) is 1. The molecule has 1 aromatic carbocycles. The lowest BCUT2D eigenvalue weighted by atomic mass is 10.1. The van der Waals surface area contributed by atoms with Crippen molar-refractivity contribution in [1.29, 1.82) is 0 Å². The van der Waals surface area contributed by atoms with Crippen LogP contribution in [0.3, 0.4) is 0 Å². The van der Waals surface area contributed by atoms with Gasteiger partial charge in [0.2, 0.25) is 0 Å². The van der Waals surface area contributed by atoms with E-state index in [0.29, 0.717) is 19.0 Å². The van der Waals surface area contributed by atoms with E-state index in [4.69, 9.17) is 4.74 Å². The molecule has 1 aromatic heterocycles. The molecular weight excluding hydrogens is 380 g/mol. The van der Waals surface area contributed by atoms with Crippen LogP contribution < -0.4 is 16.0 Å². The molecule has 8 nitrogen and oxygen atoms in total. The van der Waals surface area contributed by atoms with E-state index in [0.717, 1.165) is 12.1 Å². The highest BCUT2D eigenvalue weighted by Crippen LogP contribution is 2.09. The Hall–Kier alpha value is -3.03. The van der Waals surface area contributed by atoms with Crippen molar-refractivity contribution in [3.8, 4) is 0 Å². The summed E-state index contributed by atoms with van der Waals surface area (Å²) < 4.78 is 7.24. The van der Waals surface area contributed by atoms with Gasteiger partial charge in [-0.3, -0.25) is 9.67 Å². The number of amides is 1. The van der Waals surface area contributed by atoms with E-state index in [9.17, 15) is 4.79 Å². The quantitative estimate of drug-likeness (QED) is 0.479. The van der Waals surface area contributed by atoms with Crippen LogP contribution in [0, 0.1) is 0 Å². The summed E-state index contributed by atoms with van der Waals surface area (Å²) in [6, 6.07) is 10.2. The molecule has 0 saturated heterocycles. The molecule has 0 radical (unpaired) electrons. The number of nitrogens with zero attached hydrogens (tertiary/aromatic N) is 3. The molecule has 0 unspecified atom stereocenters. The zero-order valence-corrected chi connectivity index (χ0v) is 18.8. The van der Waals surface area contributed by atoms with Crippen molar-refractivity contribution in [2.45, 2.75) is 58.8 Å². The first-order valence-electron chi connectivity index (χ1n) is 10.1. The van der Waals surface area contributed by atoms with Crippen molar-refractivity contribution in [2.24, 2.45) is 4.99 Å². The van der Waals surface area contributed by atoms with Crippen LogP contribution in [0.25, 0.3) is 0 Å². The van der Waals surface area contributed by atoms with Crippen LogP contribution in [0.15, 0.2) is 47.7 Å². The molecule has 30 heavy (non-hydrogen) atoms. The summed E-state index contributed by atoms with van der Waals surface area (Å²) in [5.41, 5.74) is 1.22. The number of carbonyl (C=O) groups excluding carboxylic acids is 1. The van der Waals surface area contributed by atoms with E-state index in [2.05, 4.69) is 38.2 Å². The minimum Gasteiger partial charge on any atom is -0.444 e. The summed E-state index contributed by atoms with van der Waals surface area (Å²) in [4.78, 5) is 16.3. The third-order valence-corrected chi connectivity index (χ3v) is 4.09. The molecule has 2 rings (SSSR count). The number of aliphatic imine (C=N–C) groups is 1. The summed E-state index contributed by atoms with van der Waals surface area (Å²) in [5, 5.41) is 13.8. The molecule has 0 fully saturated rings. The predicted molar refractivity (Wildman–Crippen MR) is 119 cm³/mol. The number of rotatable bonds is 7. The highest BCUT2D eigenvalue weighted by atomic mass is 16.6. The number of benzene rings is 1. The Bertz CT molecular complexity index is 837. The zero-order chi connectivity index (χ0) is 22.2. The van der Waals surface area contributed by atoms with Crippen molar-refractivity contribution >= 4 is 12.1 Å². The van der Waals surface area contributed by atoms with E-state index in [1.165, 1.54) is 5.56 Å². The van der Waals surface area contributed by atoms with Crippen molar-refractivity contribution < 1.29 is 9.53 Å². The van der Waals surface area contributed by atoms with Gasteiger partial charge >= 0.3 is 6.09 Å². The molecule has 0 aliphatic carbocycles. The van der Waals surface area contributed by atoms with Crippen LogP contribution in [-0.2, 0) is 17.8 Å². The number of aromatic nitrogens is 2. The summed E-state index contributed by atoms with van der Waals surface area (Å²) in [6.45, 7) is 11.2. The SMILES string of the molecule is CN=C(NCc1cnn(Cc2ccccc2)c1)NCC(C)(C)NC(=O)OC(C)(C)C. The molecule has 0 atom stereocenters. The average molecular weight is 415 g/mol. The molecule has 0 spiro atoms. The lowest BCUT2D eigenvalue weighted by Crippen LogP contribution is -2.54. The van der Waals surface area contributed by atoms with Crippen LogP contribution >= 0.6 is 0 Å². The summed E-state index contributed by atoms with van der Waals surface area (Å²) in [5.74, 6) is 0.643. The molecule has 0 aliphatic rings. The second kappa shape index (κ2) is 10.1. The Morgan fingerprint density at radius 2 is 1.80 bits per heavy atom. The minimum absolute atomic E-state index is 0.442. The van der Waals surface area contributed by atoms with Gasteiger partial charge in [0.05, 0.1) is 18.3 Å². The van der Waals surface area contributed by atoms with Gasteiger partial charge < -0.3 is 20.7 Å². The highest BCUT2D eigenvalue weighted by Gasteiger charge is 2.24. The maximum Gasteiger partial charge on any atom is 0.408 e. The molecule has 0 bridgehead atoms. The summed E-state index contributed by atoms with van der Waals surface area (Å²) in [7, 11) is 1.71. The van der Waals surface area contributed by atoms with Crippen molar-refractivity contribution in [3.63, 3.8) is 0 Å². The second-order valence-corrected chi connectivity index (χ2v) is 8.82. The molecule has 1 heterocycles. The summed E-state index contributed by atoms with van der Waals surface area (Å²) >= 11 is 0. The van der Waals surface area contributed by atoms with E-state index in [1.807, 2.05) is 69.9 Å². The Morgan fingerprint density at radius 3 is 2.43 bits per heavy atom. The number of ether oxygens (including phenoxy) is 1. The smallest absolute Gasteiger partial charge is 0.408 e. The number of hydrogen-bond acceptors (Lipinski definition) is 4. The number of carbonyl (C=O) groups is 1. The fraction of sp³-hybridized carbons (Fsp3) is 0.500. The van der Waals surface area contributed by atoms with E-state index in [-0.39, 0.29) is 0 Å². The zero-order valence-electron chi connectivity index (χ0n) is 18.8. The van der Waals surface area contributed by atoms with Gasteiger partial charge in [0.15, 0.2) is 5.96 Å². The lowest BCUT2D eigenvalue weighted by molar-refractivity contribution is 0.0474. The van der Waals surface area contributed by atoms with E-state index < -0.39 is 17.2 Å². The highest BCUT2D eigenvalue weighted by molar-refractivity contribution is 5.79. The Morgan fingerprint density at radius 1 is 1.10 bits per heavy atom. The first-order valence-corrected chi connectivity index (χ1v) is 10.1. The molecule has 2 aromatic rings. The maximum atomic E-state index is 12.0. The number of hydrogen-bond donors (Lipinski definition) is 3. The van der Waals surface area contributed by atoms with Gasteiger partial charge in [0.1, 0.15) is 5.60 Å². The van der Waals surface area contributed by atoms with Gasteiger partial charge in [0.25, 0.3) is 0 Å². The van der Waals surface area contributed by atoms with Crippen molar-refractivity contribution in [2.75, 3.05) is 13.6 Å². The van der Waals surface area contributed by atoms with Gasteiger partial charge in [-0.2, -0.15) is 5.10 Å². The largest absolute Gasteiger partial charge is 0.444 e.